The average molecular weight is 565 g/mol. The summed E-state index contributed by atoms with van der Waals surface area (Å²) in [5, 5.41) is 17.2. The molecule has 3 aromatic rings. The molecule has 12 nitrogen and oxygen atoms in total. The van der Waals surface area contributed by atoms with E-state index in [1.807, 2.05) is 4.90 Å². The van der Waals surface area contributed by atoms with Crippen molar-refractivity contribution >= 4 is 27.6 Å². The number of rotatable bonds is 9. The number of ether oxygens (including phenoxy) is 1. The van der Waals surface area contributed by atoms with Gasteiger partial charge in [-0.05, 0) is 56.2 Å². The molecule has 0 aliphatic carbocycles. The summed E-state index contributed by atoms with van der Waals surface area (Å²) in [6, 6.07) is 12.0. The van der Waals surface area contributed by atoms with Crippen molar-refractivity contribution in [3.63, 3.8) is 0 Å². The number of sulfonamides is 1. The van der Waals surface area contributed by atoms with Crippen LogP contribution in [0.5, 0.6) is 0 Å². The van der Waals surface area contributed by atoms with Crippen molar-refractivity contribution in [1.29, 1.82) is 5.26 Å². The highest BCUT2D eigenvalue weighted by Crippen LogP contribution is 2.50. The summed E-state index contributed by atoms with van der Waals surface area (Å²) in [6.45, 7) is 3.04. The number of hydrogen-bond donors (Lipinski definition) is 1. The zero-order valence-corrected chi connectivity index (χ0v) is 23.3. The molecule has 1 aromatic carbocycles. The predicted molar refractivity (Wildman–Crippen MR) is 147 cm³/mol. The van der Waals surface area contributed by atoms with Gasteiger partial charge in [-0.3, -0.25) is 9.48 Å². The number of carbonyl (C=O) groups excluding carboxylic acids is 1. The third-order valence-electron chi connectivity index (χ3n) is 7.70. The highest BCUT2D eigenvalue weighted by atomic mass is 32.2. The van der Waals surface area contributed by atoms with Gasteiger partial charge in [0, 0.05) is 56.6 Å². The molecular formula is C27H32N8O4S. The van der Waals surface area contributed by atoms with Crippen molar-refractivity contribution in [3.8, 4) is 6.07 Å². The number of piperidine rings is 1. The smallest absolute Gasteiger partial charge is 0.253 e. The van der Waals surface area contributed by atoms with Crippen LogP contribution in [0.15, 0.2) is 55.0 Å². The van der Waals surface area contributed by atoms with E-state index in [1.165, 1.54) is 4.31 Å². The van der Waals surface area contributed by atoms with Crippen molar-refractivity contribution in [2.24, 2.45) is 0 Å². The number of anilines is 2. The molecule has 2 aliphatic heterocycles. The van der Waals surface area contributed by atoms with E-state index >= 15 is 0 Å². The van der Waals surface area contributed by atoms with E-state index in [9.17, 15) is 18.5 Å². The maximum Gasteiger partial charge on any atom is 0.253 e. The van der Waals surface area contributed by atoms with Gasteiger partial charge in [-0.2, -0.15) is 14.7 Å². The molecule has 5 rings (SSSR count). The lowest BCUT2D eigenvalue weighted by atomic mass is 9.78. The number of methoxy groups -OCH3 is 1. The molecule has 4 heterocycles. The molecule has 2 unspecified atom stereocenters. The number of benzene rings is 1. The van der Waals surface area contributed by atoms with Crippen LogP contribution >= 0.6 is 0 Å². The lowest BCUT2D eigenvalue weighted by molar-refractivity contribution is -0.0107. The largest absolute Gasteiger partial charge is 0.381 e. The number of carbonyl (C=O) groups is 1. The zero-order chi connectivity index (χ0) is 28.3. The molecule has 0 spiro atoms. The first-order chi connectivity index (χ1) is 19.3. The van der Waals surface area contributed by atoms with Crippen LogP contribution in [0.25, 0.3) is 0 Å². The summed E-state index contributed by atoms with van der Waals surface area (Å²) >= 11 is 0. The van der Waals surface area contributed by atoms with Gasteiger partial charge in [-0.25, -0.2) is 18.4 Å². The first-order valence-corrected chi connectivity index (χ1v) is 14.8. The first kappa shape index (κ1) is 27.7. The lowest BCUT2D eigenvalue weighted by Crippen LogP contribution is -2.66. The number of nitrogens with one attached hydrogen (secondary N) is 1. The number of nitrogens with zero attached hydrogens (tertiary/aromatic N) is 7. The maximum absolute atomic E-state index is 13.0. The van der Waals surface area contributed by atoms with Crippen LogP contribution in [0, 0.1) is 11.3 Å². The summed E-state index contributed by atoms with van der Waals surface area (Å²) in [4.78, 5) is 23.7. The summed E-state index contributed by atoms with van der Waals surface area (Å²) in [6.07, 6.45) is 6.80. The molecule has 2 aliphatic rings. The van der Waals surface area contributed by atoms with Crippen molar-refractivity contribution < 1.29 is 17.9 Å². The Morgan fingerprint density at radius 1 is 1.20 bits per heavy atom. The molecular weight excluding hydrogens is 532 g/mol. The molecule has 2 atom stereocenters. The average Bonchev–Trinajstić information content (AvgIpc) is 3.50. The molecule has 2 saturated heterocycles. The molecule has 210 valence electrons. The number of amides is 1. The third-order valence-corrected chi connectivity index (χ3v) is 9.49. The fourth-order valence-corrected chi connectivity index (χ4v) is 6.82. The topological polar surface area (TPSA) is 146 Å². The van der Waals surface area contributed by atoms with Crippen LogP contribution in [-0.2, 0) is 20.3 Å². The van der Waals surface area contributed by atoms with Gasteiger partial charge in [0.1, 0.15) is 5.54 Å². The molecule has 1 amide bonds. The summed E-state index contributed by atoms with van der Waals surface area (Å²) < 4.78 is 34.3. The van der Waals surface area contributed by atoms with Crippen LogP contribution in [0.1, 0.15) is 48.3 Å². The van der Waals surface area contributed by atoms with Gasteiger partial charge in [-0.1, -0.05) is 0 Å². The number of nitriles is 1. The van der Waals surface area contributed by atoms with Gasteiger partial charge in [0.2, 0.25) is 16.0 Å². The van der Waals surface area contributed by atoms with Crippen molar-refractivity contribution in [1.82, 2.24) is 29.0 Å². The van der Waals surface area contributed by atoms with E-state index in [4.69, 9.17) is 4.74 Å². The molecule has 0 saturated carbocycles. The van der Waals surface area contributed by atoms with Crippen LogP contribution in [-0.4, -0.2) is 81.9 Å². The van der Waals surface area contributed by atoms with Crippen molar-refractivity contribution in [2.45, 2.75) is 43.9 Å². The van der Waals surface area contributed by atoms with Gasteiger partial charge in [0.15, 0.2) is 0 Å². The van der Waals surface area contributed by atoms with Gasteiger partial charge in [-0.15, -0.1) is 0 Å². The van der Waals surface area contributed by atoms with Gasteiger partial charge in [0.05, 0.1) is 36.1 Å². The fraction of sp³-hybridized carbons (Fsp3) is 0.444. The number of hydrogen-bond acceptors (Lipinski definition) is 9. The first-order valence-electron chi connectivity index (χ1n) is 13.2. The summed E-state index contributed by atoms with van der Waals surface area (Å²) in [5.41, 5.74) is 0.823. The molecule has 2 aromatic heterocycles. The molecule has 2 fully saturated rings. The minimum atomic E-state index is -3.58. The maximum atomic E-state index is 13.0. The van der Waals surface area contributed by atoms with E-state index in [1.54, 1.807) is 73.7 Å². The molecule has 40 heavy (non-hydrogen) atoms. The second kappa shape index (κ2) is 11.3. The predicted octanol–water partition coefficient (Wildman–Crippen LogP) is 2.68. The normalized spacial score (nSPS) is 21.9. The Morgan fingerprint density at radius 3 is 2.58 bits per heavy atom. The van der Waals surface area contributed by atoms with Crippen molar-refractivity contribution in [3.05, 3.63) is 66.2 Å². The highest BCUT2D eigenvalue weighted by Gasteiger charge is 2.60. The Morgan fingerprint density at radius 2 is 1.95 bits per heavy atom. The Balaban J connectivity index is 1.37. The van der Waals surface area contributed by atoms with Crippen LogP contribution in [0.2, 0.25) is 0 Å². The fourth-order valence-electron chi connectivity index (χ4n) is 5.44. The summed E-state index contributed by atoms with van der Waals surface area (Å²) in [7, 11) is -1.88. The summed E-state index contributed by atoms with van der Waals surface area (Å²) in [5.74, 6) is 0.177. The monoisotopic (exact) mass is 564 g/mol. The van der Waals surface area contributed by atoms with Crippen LogP contribution < -0.4 is 5.32 Å². The Hall–Kier alpha value is -3.86. The molecule has 13 heteroatoms. The quantitative estimate of drug-likeness (QED) is 0.414. The van der Waals surface area contributed by atoms with Crippen molar-refractivity contribution in [2.75, 3.05) is 37.8 Å². The van der Waals surface area contributed by atoms with E-state index < -0.39 is 21.6 Å². The zero-order valence-electron chi connectivity index (χ0n) is 22.5. The van der Waals surface area contributed by atoms with E-state index in [0.29, 0.717) is 30.0 Å². The molecule has 1 N–H and O–H groups in total. The third kappa shape index (κ3) is 5.17. The highest BCUT2D eigenvalue weighted by molar-refractivity contribution is 7.89. The van der Waals surface area contributed by atoms with E-state index in [2.05, 4.69) is 26.5 Å². The standard InChI is InChI=1S/C27H32N8O4S/c1-3-40(37,38)34-19-27(12-13-28,35-16-4-14-30-35)24(34)23-9-15-29-26(32-23)31-21-7-5-20(6-8-21)25(36)33-17-10-22(39-2)11-18-33/h4-9,14-16,22,24H,3,10-12,17-19H2,1-2H3,(H,29,31,32). The minimum Gasteiger partial charge on any atom is -0.381 e. The van der Waals surface area contributed by atoms with Gasteiger partial charge >= 0.3 is 0 Å². The van der Waals surface area contributed by atoms with Gasteiger partial charge < -0.3 is 15.0 Å². The number of likely N-dealkylation sites (tertiary alicyclic amines) is 1. The Bertz CT molecular complexity index is 1480. The van der Waals surface area contributed by atoms with E-state index in [0.717, 1.165) is 12.8 Å². The lowest BCUT2D eigenvalue weighted by Gasteiger charge is -2.54. The van der Waals surface area contributed by atoms with Crippen LogP contribution in [0.4, 0.5) is 11.6 Å². The SMILES string of the molecule is CCS(=O)(=O)N1CC(CC#N)(n2cccn2)C1c1ccnc(Nc2ccc(C(=O)N3CCC(OC)CC3)cc2)n1. The second-order valence-corrected chi connectivity index (χ2v) is 12.2. The molecule has 0 radical (unpaired) electrons. The Labute approximate surface area is 233 Å². The second-order valence-electron chi connectivity index (χ2n) is 9.97. The van der Waals surface area contributed by atoms with Gasteiger partial charge in [0.25, 0.3) is 5.91 Å². The molecule has 0 bridgehead atoms. The Kier molecular flexibility index (Phi) is 7.84. The minimum absolute atomic E-state index is 0.0194. The number of aromatic nitrogens is 4. The van der Waals surface area contributed by atoms with Crippen LogP contribution in [0.3, 0.4) is 0 Å². The van der Waals surface area contributed by atoms with E-state index in [-0.39, 0.29) is 36.7 Å².